The van der Waals surface area contributed by atoms with Crippen LogP contribution in [0.15, 0.2) is 24.3 Å². The standard InChI is InChI=1S/C48H75N9O11/c1-9-29(8)40(54-44(63)38(27(4)5)53-41(60)32(49)23-26(2)3)47(66)57-22-12-15-36(57)45(64)55-20-10-13-34(55)42(61)50-25-37(59)52-39(28(6)7)46(65)56-21-11-14-35(56)43(62)51-33(48(67)68)24-30-16-18-31(58)19-17-30/h16-19,26-29,32-36,38-40,58H,9-15,20-25,49H2,1-8H3,(H,50,61)(H,51,62)(H,52,59)(H,53,60)(H,54,63)(H,67,68)/t29-,32-,33-,34-,35-,36-,38-,39-,40-/m0/s1. The van der Waals surface area contributed by atoms with Crippen molar-refractivity contribution in [2.24, 2.45) is 29.4 Å². The minimum Gasteiger partial charge on any atom is -0.508 e. The normalized spacial score (nSPS) is 20.9. The molecule has 0 saturated carbocycles. The lowest BCUT2D eigenvalue weighted by Crippen LogP contribution is -2.60. The molecule has 3 fully saturated rings. The summed E-state index contributed by atoms with van der Waals surface area (Å²) in [7, 11) is 0. The zero-order valence-corrected chi connectivity index (χ0v) is 40.9. The Bertz CT molecular complexity index is 1980. The second kappa shape index (κ2) is 25.0. The molecule has 3 aliphatic rings. The van der Waals surface area contributed by atoms with Crippen LogP contribution in [-0.2, 0) is 49.6 Å². The molecule has 0 spiro atoms. The third-order valence-electron chi connectivity index (χ3n) is 13.2. The molecular weight excluding hydrogens is 879 g/mol. The zero-order valence-electron chi connectivity index (χ0n) is 40.9. The summed E-state index contributed by atoms with van der Waals surface area (Å²) in [6, 6.07) is -2.01. The van der Waals surface area contributed by atoms with Gasteiger partial charge in [0.15, 0.2) is 0 Å². The van der Waals surface area contributed by atoms with Crippen molar-refractivity contribution in [1.82, 2.24) is 41.3 Å². The highest BCUT2D eigenvalue weighted by Crippen LogP contribution is 2.27. The van der Waals surface area contributed by atoms with Gasteiger partial charge in [-0.1, -0.05) is 73.9 Å². The summed E-state index contributed by atoms with van der Waals surface area (Å²) in [6.07, 6.45) is 3.36. The fraction of sp³-hybridized carbons (Fsp3) is 0.688. The Morgan fingerprint density at radius 2 is 1.18 bits per heavy atom. The molecule has 0 unspecified atom stereocenters. The fourth-order valence-corrected chi connectivity index (χ4v) is 9.14. The zero-order chi connectivity index (χ0) is 50.6. The van der Waals surface area contributed by atoms with Gasteiger partial charge in [0.2, 0.25) is 47.3 Å². The number of carboxylic acids is 1. The van der Waals surface area contributed by atoms with Crippen LogP contribution in [0.3, 0.4) is 0 Å². The van der Waals surface area contributed by atoms with E-state index in [1.165, 1.54) is 26.8 Å². The van der Waals surface area contributed by atoms with E-state index in [9.17, 15) is 53.4 Å². The van der Waals surface area contributed by atoms with Crippen LogP contribution in [0.1, 0.15) is 112 Å². The predicted octanol–water partition coefficient (Wildman–Crippen LogP) is 0.779. The van der Waals surface area contributed by atoms with Gasteiger partial charge in [-0.3, -0.25) is 38.4 Å². The lowest BCUT2D eigenvalue weighted by Gasteiger charge is -2.35. The van der Waals surface area contributed by atoms with Crippen molar-refractivity contribution in [3.8, 4) is 5.75 Å². The van der Waals surface area contributed by atoms with Crippen molar-refractivity contribution in [1.29, 1.82) is 0 Å². The number of aromatic hydroxyl groups is 1. The van der Waals surface area contributed by atoms with E-state index in [0.717, 1.165) is 0 Å². The van der Waals surface area contributed by atoms with Crippen molar-refractivity contribution in [3.63, 3.8) is 0 Å². The minimum atomic E-state index is -1.30. The van der Waals surface area contributed by atoms with Gasteiger partial charge in [0.05, 0.1) is 12.6 Å². The smallest absolute Gasteiger partial charge is 0.326 e. The number of hydrogen-bond donors (Lipinski definition) is 8. The molecule has 20 nitrogen and oxygen atoms in total. The number of nitrogens with one attached hydrogen (secondary N) is 5. The van der Waals surface area contributed by atoms with Crippen LogP contribution in [0, 0.1) is 23.7 Å². The molecule has 0 radical (unpaired) electrons. The summed E-state index contributed by atoms with van der Waals surface area (Å²) in [5.41, 5.74) is 6.67. The Labute approximate surface area is 399 Å². The molecule has 3 aliphatic heterocycles. The third kappa shape index (κ3) is 14.4. The highest BCUT2D eigenvalue weighted by Gasteiger charge is 2.45. The third-order valence-corrected chi connectivity index (χ3v) is 13.2. The number of likely N-dealkylation sites (tertiary alicyclic amines) is 3. The summed E-state index contributed by atoms with van der Waals surface area (Å²) < 4.78 is 0. The molecule has 0 aliphatic carbocycles. The molecule has 9 atom stereocenters. The molecule has 378 valence electrons. The number of amides is 8. The van der Waals surface area contributed by atoms with Crippen molar-refractivity contribution >= 4 is 53.2 Å². The number of hydrogen-bond acceptors (Lipinski definition) is 11. The van der Waals surface area contributed by atoms with Crippen LogP contribution in [0.4, 0.5) is 0 Å². The molecule has 1 aromatic carbocycles. The van der Waals surface area contributed by atoms with Gasteiger partial charge in [-0.2, -0.15) is 0 Å². The largest absolute Gasteiger partial charge is 0.508 e. The number of carbonyl (C=O) groups excluding carboxylic acids is 8. The Hall–Kier alpha value is -5.79. The number of phenols is 1. The molecule has 9 N–H and O–H groups in total. The highest BCUT2D eigenvalue weighted by molar-refractivity contribution is 5.98. The van der Waals surface area contributed by atoms with Crippen LogP contribution in [-0.4, -0.2) is 153 Å². The summed E-state index contributed by atoms with van der Waals surface area (Å²) in [5.74, 6) is -6.45. The second-order valence-electron chi connectivity index (χ2n) is 19.7. The Balaban J connectivity index is 1.37. The van der Waals surface area contributed by atoms with Gasteiger partial charge in [0, 0.05) is 26.1 Å². The molecule has 1 aromatic rings. The van der Waals surface area contributed by atoms with Crippen LogP contribution in [0.5, 0.6) is 5.75 Å². The molecule has 3 saturated heterocycles. The van der Waals surface area contributed by atoms with Gasteiger partial charge in [0.25, 0.3) is 0 Å². The fourth-order valence-electron chi connectivity index (χ4n) is 9.14. The van der Waals surface area contributed by atoms with Gasteiger partial charge in [-0.15, -0.1) is 0 Å². The van der Waals surface area contributed by atoms with E-state index < -0.39 is 114 Å². The maximum atomic E-state index is 14.3. The summed E-state index contributed by atoms with van der Waals surface area (Å²) in [5, 5.41) is 32.9. The van der Waals surface area contributed by atoms with Crippen molar-refractivity contribution in [2.45, 2.75) is 162 Å². The Kier molecular flexibility index (Phi) is 20.2. The van der Waals surface area contributed by atoms with E-state index >= 15 is 0 Å². The molecule has 3 heterocycles. The number of phenolic OH excluding ortho intramolecular Hbond substituents is 1. The van der Waals surface area contributed by atoms with Crippen LogP contribution in [0.2, 0.25) is 0 Å². The number of nitrogens with two attached hydrogens (primary N) is 1. The SMILES string of the molecule is CC[C@H](C)[C@H](NC(=O)[C@@H](NC(=O)[C@@H](N)CC(C)C)C(C)C)C(=O)N1CCC[C@H]1C(=O)N1CCC[C@H]1C(=O)NCC(=O)N[C@H](C(=O)N1CCC[C@H]1C(=O)N[C@@H](Cc1ccc(O)cc1)C(=O)O)C(C)C. The van der Waals surface area contributed by atoms with Gasteiger partial charge in [-0.05, 0) is 86.3 Å². The van der Waals surface area contributed by atoms with Crippen molar-refractivity contribution in [3.05, 3.63) is 29.8 Å². The molecule has 20 heteroatoms. The molecule has 4 rings (SSSR count). The summed E-state index contributed by atoms with van der Waals surface area (Å²) in [6.45, 7) is 14.8. The first-order chi connectivity index (χ1) is 32.0. The first kappa shape index (κ1) is 54.8. The minimum absolute atomic E-state index is 0.00985. The van der Waals surface area contributed by atoms with E-state index in [1.54, 1.807) is 39.8 Å². The number of nitrogens with zero attached hydrogens (tertiary/aromatic N) is 3. The van der Waals surface area contributed by atoms with Crippen LogP contribution < -0.4 is 32.3 Å². The van der Waals surface area contributed by atoms with E-state index in [-0.39, 0.29) is 56.0 Å². The van der Waals surface area contributed by atoms with Gasteiger partial charge in [0.1, 0.15) is 48.0 Å². The van der Waals surface area contributed by atoms with Gasteiger partial charge in [-0.25, -0.2) is 4.79 Å². The molecule has 0 aromatic heterocycles. The predicted molar refractivity (Wildman–Crippen MR) is 251 cm³/mol. The lowest BCUT2D eigenvalue weighted by molar-refractivity contribution is -0.148. The van der Waals surface area contributed by atoms with Gasteiger partial charge < -0.3 is 57.2 Å². The maximum absolute atomic E-state index is 14.3. The number of benzene rings is 1. The lowest BCUT2D eigenvalue weighted by atomic mass is 9.95. The van der Waals surface area contributed by atoms with Crippen molar-refractivity contribution in [2.75, 3.05) is 26.2 Å². The molecular formula is C48H75N9O11. The van der Waals surface area contributed by atoms with Crippen LogP contribution in [0.25, 0.3) is 0 Å². The second-order valence-corrected chi connectivity index (χ2v) is 19.7. The molecule has 68 heavy (non-hydrogen) atoms. The highest BCUT2D eigenvalue weighted by atomic mass is 16.4. The van der Waals surface area contributed by atoms with Crippen molar-refractivity contribution < 1.29 is 53.4 Å². The van der Waals surface area contributed by atoms with Crippen LogP contribution >= 0.6 is 0 Å². The van der Waals surface area contributed by atoms with E-state index in [1.807, 2.05) is 27.7 Å². The Morgan fingerprint density at radius 3 is 1.72 bits per heavy atom. The number of aliphatic carboxylic acids is 1. The quantitative estimate of drug-likeness (QED) is 0.0801. The average Bonchev–Trinajstić information content (AvgIpc) is 4.09. The number of carboxylic acid groups (broad SMARTS) is 1. The number of carbonyl (C=O) groups is 9. The molecule has 8 amide bonds. The summed E-state index contributed by atoms with van der Waals surface area (Å²) >= 11 is 0. The average molecular weight is 954 g/mol. The molecule has 0 bridgehead atoms. The Morgan fingerprint density at radius 1 is 0.662 bits per heavy atom. The number of rotatable bonds is 22. The van der Waals surface area contributed by atoms with E-state index in [2.05, 4.69) is 26.6 Å². The first-order valence-electron chi connectivity index (χ1n) is 24.2. The van der Waals surface area contributed by atoms with E-state index in [4.69, 9.17) is 5.73 Å². The maximum Gasteiger partial charge on any atom is 0.326 e. The van der Waals surface area contributed by atoms with Gasteiger partial charge >= 0.3 is 5.97 Å². The first-order valence-corrected chi connectivity index (χ1v) is 24.2. The topological polar surface area (TPSA) is 290 Å². The summed E-state index contributed by atoms with van der Waals surface area (Å²) in [4.78, 5) is 126. The monoisotopic (exact) mass is 954 g/mol. The van der Waals surface area contributed by atoms with E-state index in [0.29, 0.717) is 50.5 Å².